The van der Waals surface area contributed by atoms with Gasteiger partial charge in [0.2, 0.25) is 0 Å². The van der Waals surface area contributed by atoms with Crippen molar-refractivity contribution in [1.82, 2.24) is 0 Å². The molecule has 0 saturated carbocycles. The third-order valence-electron chi connectivity index (χ3n) is 2.79. The van der Waals surface area contributed by atoms with Gasteiger partial charge in [-0.3, -0.25) is 10.1 Å². The number of carboxylic acid groups (broad SMARTS) is 1. The molecule has 7 heteroatoms. The Labute approximate surface area is 138 Å². The standard InChI is InChI=1S/C14H10INO4S/c1-8-2-4-10(7-11(8)14(17)18)21-13-5-3-9(16(19)20)6-12(13)15/h2-7H,1H3,(H,17,18). The van der Waals surface area contributed by atoms with Crippen LogP contribution in [-0.2, 0) is 0 Å². The van der Waals surface area contributed by atoms with Gasteiger partial charge in [-0.05, 0) is 53.3 Å². The van der Waals surface area contributed by atoms with Gasteiger partial charge in [-0.15, -0.1) is 0 Å². The van der Waals surface area contributed by atoms with E-state index in [0.717, 1.165) is 13.4 Å². The van der Waals surface area contributed by atoms with E-state index in [-0.39, 0.29) is 11.3 Å². The molecule has 0 aliphatic rings. The lowest BCUT2D eigenvalue weighted by atomic mass is 10.1. The molecule has 0 aliphatic heterocycles. The summed E-state index contributed by atoms with van der Waals surface area (Å²) in [6, 6.07) is 9.81. The molecule has 0 fully saturated rings. The van der Waals surface area contributed by atoms with Crippen LogP contribution in [-0.4, -0.2) is 16.0 Å². The number of rotatable bonds is 4. The largest absolute Gasteiger partial charge is 0.478 e. The molecule has 0 spiro atoms. The molecule has 0 aromatic heterocycles. The predicted molar refractivity (Wildman–Crippen MR) is 88.1 cm³/mol. The van der Waals surface area contributed by atoms with E-state index >= 15 is 0 Å². The molecule has 21 heavy (non-hydrogen) atoms. The summed E-state index contributed by atoms with van der Waals surface area (Å²) < 4.78 is 0.754. The number of benzene rings is 2. The first-order valence-electron chi connectivity index (χ1n) is 5.84. The lowest BCUT2D eigenvalue weighted by Crippen LogP contribution is -1.99. The molecule has 0 amide bonds. The zero-order valence-corrected chi connectivity index (χ0v) is 13.8. The average Bonchev–Trinajstić information content (AvgIpc) is 2.42. The van der Waals surface area contributed by atoms with Crippen molar-refractivity contribution in [3.05, 3.63) is 61.2 Å². The Morgan fingerprint density at radius 3 is 2.57 bits per heavy atom. The summed E-state index contributed by atoms with van der Waals surface area (Å²) in [5.74, 6) is -0.964. The number of carboxylic acids is 1. The minimum Gasteiger partial charge on any atom is -0.478 e. The van der Waals surface area contributed by atoms with Crippen molar-refractivity contribution in [2.45, 2.75) is 16.7 Å². The minimum atomic E-state index is -0.964. The average molecular weight is 415 g/mol. The molecule has 0 radical (unpaired) electrons. The van der Waals surface area contributed by atoms with Gasteiger partial charge in [-0.2, -0.15) is 0 Å². The van der Waals surface area contributed by atoms with Crippen LogP contribution < -0.4 is 0 Å². The van der Waals surface area contributed by atoms with E-state index in [0.29, 0.717) is 5.56 Å². The quantitative estimate of drug-likeness (QED) is 0.456. The zero-order chi connectivity index (χ0) is 15.6. The molecule has 0 saturated heterocycles. The van der Waals surface area contributed by atoms with Crippen molar-refractivity contribution in [2.75, 3.05) is 0 Å². The second-order valence-electron chi connectivity index (χ2n) is 4.26. The fourth-order valence-electron chi connectivity index (χ4n) is 1.71. The van der Waals surface area contributed by atoms with Gasteiger partial charge >= 0.3 is 5.97 Å². The first kappa shape index (κ1) is 15.8. The second-order valence-corrected chi connectivity index (χ2v) is 6.53. The summed E-state index contributed by atoms with van der Waals surface area (Å²) >= 11 is 3.41. The Bertz CT molecular complexity index is 733. The Morgan fingerprint density at radius 2 is 2.00 bits per heavy atom. The number of hydrogen-bond donors (Lipinski definition) is 1. The van der Waals surface area contributed by atoms with E-state index in [1.165, 1.54) is 23.9 Å². The summed E-state index contributed by atoms with van der Waals surface area (Å²) in [5.41, 5.74) is 1.00. The fraction of sp³-hybridized carbons (Fsp3) is 0.0714. The third kappa shape index (κ3) is 3.73. The van der Waals surface area contributed by atoms with E-state index in [9.17, 15) is 14.9 Å². The number of hydrogen-bond acceptors (Lipinski definition) is 4. The molecular formula is C14H10INO4S. The van der Waals surface area contributed by atoms with Crippen LogP contribution in [0.3, 0.4) is 0 Å². The molecule has 0 aliphatic carbocycles. The first-order valence-corrected chi connectivity index (χ1v) is 7.74. The maximum Gasteiger partial charge on any atom is 0.335 e. The maximum atomic E-state index is 11.1. The van der Waals surface area contributed by atoms with Crippen molar-refractivity contribution in [1.29, 1.82) is 0 Å². The van der Waals surface area contributed by atoms with Gasteiger partial charge in [0, 0.05) is 25.5 Å². The number of halogens is 1. The van der Waals surface area contributed by atoms with Crippen LogP contribution in [0.25, 0.3) is 0 Å². The summed E-state index contributed by atoms with van der Waals surface area (Å²) in [5, 5.41) is 19.8. The van der Waals surface area contributed by atoms with Crippen LogP contribution in [0, 0.1) is 20.6 Å². The number of aryl methyl sites for hydroxylation is 1. The number of nitrogens with zero attached hydrogens (tertiary/aromatic N) is 1. The van der Waals surface area contributed by atoms with Crippen LogP contribution >= 0.6 is 34.4 Å². The highest BCUT2D eigenvalue weighted by molar-refractivity contribution is 14.1. The van der Waals surface area contributed by atoms with Crippen molar-refractivity contribution in [2.24, 2.45) is 0 Å². The van der Waals surface area contributed by atoms with E-state index in [1.807, 2.05) is 28.7 Å². The molecule has 108 valence electrons. The summed E-state index contributed by atoms with van der Waals surface area (Å²) in [6.45, 7) is 1.74. The maximum absolute atomic E-state index is 11.1. The molecule has 2 aromatic carbocycles. The lowest BCUT2D eigenvalue weighted by molar-refractivity contribution is -0.385. The van der Waals surface area contributed by atoms with E-state index < -0.39 is 10.9 Å². The molecular weight excluding hydrogens is 405 g/mol. The molecule has 0 heterocycles. The number of aromatic carboxylic acids is 1. The molecule has 0 bridgehead atoms. The van der Waals surface area contributed by atoms with Gasteiger partial charge < -0.3 is 5.11 Å². The summed E-state index contributed by atoms with van der Waals surface area (Å²) in [4.78, 5) is 23.0. The van der Waals surface area contributed by atoms with Crippen molar-refractivity contribution >= 4 is 46.0 Å². The summed E-state index contributed by atoms with van der Waals surface area (Å²) in [7, 11) is 0. The monoisotopic (exact) mass is 415 g/mol. The normalized spacial score (nSPS) is 10.4. The van der Waals surface area contributed by atoms with Crippen LogP contribution in [0.4, 0.5) is 5.69 Å². The first-order chi connectivity index (χ1) is 9.88. The van der Waals surface area contributed by atoms with Crippen LogP contribution in [0.5, 0.6) is 0 Å². The van der Waals surface area contributed by atoms with Crippen molar-refractivity contribution < 1.29 is 14.8 Å². The third-order valence-corrected chi connectivity index (χ3v) is 5.12. The van der Waals surface area contributed by atoms with Gasteiger partial charge in [0.25, 0.3) is 5.69 Å². The number of carbonyl (C=O) groups is 1. The molecule has 1 N–H and O–H groups in total. The van der Waals surface area contributed by atoms with E-state index in [1.54, 1.807) is 25.1 Å². The number of nitro benzene ring substituents is 1. The van der Waals surface area contributed by atoms with Crippen LogP contribution in [0.2, 0.25) is 0 Å². The molecule has 5 nitrogen and oxygen atoms in total. The van der Waals surface area contributed by atoms with Gasteiger partial charge in [0.15, 0.2) is 0 Å². The van der Waals surface area contributed by atoms with Crippen LogP contribution in [0.15, 0.2) is 46.2 Å². The van der Waals surface area contributed by atoms with Gasteiger partial charge in [0.1, 0.15) is 0 Å². The zero-order valence-electron chi connectivity index (χ0n) is 10.9. The Morgan fingerprint density at radius 1 is 1.29 bits per heavy atom. The molecule has 0 unspecified atom stereocenters. The molecule has 2 rings (SSSR count). The van der Waals surface area contributed by atoms with E-state index in [4.69, 9.17) is 5.11 Å². The molecule has 0 atom stereocenters. The van der Waals surface area contributed by atoms with Crippen molar-refractivity contribution in [3.63, 3.8) is 0 Å². The highest BCUT2D eigenvalue weighted by Gasteiger charge is 2.12. The lowest BCUT2D eigenvalue weighted by Gasteiger charge is -2.07. The highest BCUT2D eigenvalue weighted by Crippen LogP contribution is 2.34. The van der Waals surface area contributed by atoms with Gasteiger partial charge in [-0.1, -0.05) is 17.8 Å². The summed E-state index contributed by atoms with van der Waals surface area (Å²) in [6.07, 6.45) is 0. The highest BCUT2D eigenvalue weighted by atomic mass is 127. The fourth-order valence-corrected chi connectivity index (χ4v) is 3.40. The van der Waals surface area contributed by atoms with Gasteiger partial charge in [-0.25, -0.2) is 4.79 Å². The Hall–Kier alpha value is -1.61. The van der Waals surface area contributed by atoms with E-state index in [2.05, 4.69) is 0 Å². The molecule has 2 aromatic rings. The Kier molecular flexibility index (Phi) is 4.84. The topological polar surface area (TPSA) is 80.4 Å². The van der Waals surface area contributed by atoms with Crippen molar-refractivity contribution in [3.8, 4) is 0 Å². The smallest absolute Gasteiger partial charge is 0.335 e. The second kappa shape index (κ2) is 6.44. The SMILES string of the molecule is Cc1ccc(Sc2ccc([N+](=O)[O-])cc2I)cc1C(=O)O. The predicted octanol–water partition coefficient (Wildman–Crippen LogP) is 4.36. The minimum absolute atomic E-state index is 0.0406. The Balaban J connectivity index is 2.32. The van der Waals surface area contributed by atoms with Crippen LogP contribution in [0.1, 0.15) is 15.9 Å². The van der Waals surface area contributed by atoms with Gasteiger partial charge in [0.05, 0.1) is 10.5 Å². The number of non-ortho nitro benzene ring substituents is 1. The number of nitro groups is 1.